The fourth-order valence-electron chi connectivity index (χ4n) is 2.06. The van der Waals surface area contributed by atoms with Crippen molar-refractivity contribution in [3.63, 3.8) is 0 Å². The maximum absolute atomic E-state index is 8.98. The zero-order chi connectivity index (χ0) is 11.8. The molecule has 0 bridgehead atoms. The molecule has 1 saturated heterocycles. The second-order valence-corrected chi connectivity index (χ2v) is 4.00. The van der Waals surface area contributed by atoms with E-state index in [1.807, 2.05) is 6.08 Å². The molecule has 0 aliphatic carbocycles. The third kappa shape index (κ3) is 4.19. The number of rotatable bonds is 7. The lowest BCUT2D eigenvalue weighted by molar-refractivity contribution is 0.0606. The average molecular weight is 229 g/mol. The average Bonchev–Trinajstić information content (AvgIpc) is 2.30. The molecule has 94 valence electrons. The summed E-state index contributed by atoms with van der Waals surface area (Å²) in [5.74, 6) is 0. The van der Waals surface area contributed by atoms with Crippen molar-refractivity contribution in [2.45, 2.75) is 6.17 Å². The summed E-state index contributed by atoms with van der Waals surface area (Å²) in [7, 11) is 0. The molecule has 0 aromatic rings. The van der Waals surface area contributed by atoms with E-state index in [4.69, 9.17) is 10.2 Å². The molecule has 0 spiro atoms. The van der Waals surface area contributed by atoms with Gasteiger partial charge in [0.1, 0.15) is 0 Å². The maximum Gasteiger partial charge on any atom is 0.0730 e. The Labute approximate surface area is 97.4 Å². The Bertz CT molecular complexity index is 196. The van der Waals surface area contributed by atoms with Gasteiger partial charge in [-0.05, 0) is 0 Å². The van der Waals surface area contributed by atoms with Gasteiger partial charge in [0.15, 0.2) is 0 Å². The minimum absolute atomic E-state index is 0.125. The smallest absolute Gasteiger partial charge is 0.0730 e. The van der Waals surface area contributed by atoms with Crippen LogP contribution in [0, 0.1) is 0 Å². The van der Waals surface area contributed by atoms with Gasteiger partial charge in [0.25, 0.3) is 0 Å². The molecule has 1 rings (SSSR count). The Balaban J connectivity index is 2.44. The lowest BCUT2D eigenvalue weighted by atomic mass is 10.2. The number of hydrogen-bond acceptors (Lipinski definition) is 5. The van der Waals surface area contributed by atoms with Gasteiger partial charge in [-0.25, -0.2) is 0 Å². The molecule has 1 atom stereocenters. The second kappa shape index (κ2) is 7.76. The van der Waals surface area contributed by atoms with Gasteiger partial charge in [-0.15, -0.1) is 6.58 Å². The highest BCUT2D eigenvalue weighted by atomic mass is 16.3. The van der Waals surface area contributed by atoms with Gasteiger partial charge in [0.05, 0.1) is 19.4 Å². The lowest BCUT2D eigenvalue weighted by Crippen LogP contribution is -2.59. The quantitative estimate of drug-likeness (QED) is 0.473. The first-order valence-corrected chi connectivity index (χ1v) is 5.84. The molecule has 0 saturated carbocycles. The molecular weight excluding hydrogens is 206 g/mol. The highest BCUT2D eigenvalue weighted by Gasteiger charge is 2.23. The van der Waals surface area contributed by atoms with E-state index in [9.17, 15) is 0 Å². The van der Waals surface area contributed by atoms with Crippen LogP contribution in [-0.2, 0) is 0 Å². The first-order chi connectivity index (χ1) is 7.81. The number of piperazine rings is 1. The van der Waals surface area contributed by atoms with Gasteiger partial charge >= 0.3 is 0 Å². The van der Waals surface area contributed by atoms with E-state index >= 15 is 0 Å². The van der Waals surface area contributed by atoms with E-state index < -0.39 is 0 Å². The van der Waals surface area contributed by atoms with E-state index in [2.05, 4.69) is 21.7 Å². The van der Waals surface area contributed by atoms with Crippen LogP contribution < -0.4 is 5.32 Å². The van der Waals surface area contributed by atoms with Crippen LogP contribution in [0.4, 0.5) is 0 Å². The number of nitrogens with zero attached hydrogens (tertiary/aromatic N) is 2. The molecule has 3 N–H and O–H groups in total. The Morgan fingerprint density at radius 2 is 2.06 bits per heavy atom. The zero-order valence-corrected chi connectivity index (χ0v) is 9.81. The summed E-state index contributed by atoms with van der Waals surface area (Å²) in [6, 6.07) is 0. The Kier molecular flexibility index (Phi) is 6.59. The van der Waals surface area contributed by atoms with Crippen LogP contribution in [0.3, 0.4) is 0 Å². The fraction of sp³-hybridized carbons (Fsp3) is 0.818. The number of hydrogen-bond donors (Lipinski definition) is 3. The molecular formula is C11H23N3O2. The van der Waals surface area contributed by atoms with Crippen molar-refractivity contribution in [3.8, 4) is 0 Å². The standard InChI is InChI=1S/C11H23N3O2/c1-2-4-13-5-3-12-11(10-13)14(6-8-15)7-9-16/h2,11-12,15-16H,1,3-10H2. The van der Waals surface area contributed by atoms with Crippen LogP contribution in [0.2, 0.25) is 0 Å². The SMILES string of the molecule is C=CCN1CCNC(N(CCO)CCO)C1. The predicted octanol–water partition coefficient (Wildman–Crippen LogP) is -1.31. The molecule has 1 aliphatic heterocycles. The Hall–Kier alpha value is -0.460. The van der Waals surface area contributed by atoms with Crippen molar-refractivity contribution in [2.24, 2.45) is 0 Å². The minimum atomic E-state index is 0.125. The lowest BCUT2D eigenvalue weighted by Gasteiger charge is -2.39. The highest BCUT2D eigenvalue weighted by molar-refractivity contribution is 4.83. The van der Waals surface area contributed by atoms with Crippen molar-refractivity contribution < 1.29 is 10.2 Å². The van der Waals surface area contributed by atoms with Gasteiger partial charge in [-0.2, -0.15) is 0 Å². The number of nitrogens with one attached hydrogen (secondary N) is 1. The van der Waals surface area contributed by atoms with Gasteiger partial charge in [-0.3, -0.25) is 15.1 Å². The summed E-state index contributed by atoms with van der Waals surface area (Å²) in [6.07, 6.45) is 2.12. The normalized spacial score (nSPS) is 22.6. The van der Waals surface area contributed by atoms with Crippen molar-refractivity contribution >= 4 is 0 Å². The zero-order valence-electron chi connectivity index (χ0n) is 9.81. The molecule has 0 aromatic heterocycles. The second-order valence-electron chi connectivity index (χ2n) is 4.00. The van der Waals surface area contributed by atoms with Crippen molar-refractivity contribution in [3.05, 3.63) is 12.7 Å². The molecule has 0 amide bonds. The van der Waals surface area contributed by atoms with Crippen molar-refractivity contribution in [1.29, 1.82) is 0 Å². The third-order valence-electron chi connectivity index (χ3n) is 2.84. The molecule has 16 heavy (non-hydrogen) atoms. The largest absolute Gasteiger partial charge is 0.395 e. The topological polar surface area (TPSA) is 59.0 Å². The molecule has 0 radical (unpaired) electrons. The summed E-state index contributed by atoms with van der Waals surface area (Å²) < 4.78 is 0. The van der Waals surface area contributed by atoms with Gasteiger partial charge < -0.3 is 10.2 Å². The summed E-state index contributed by atoms with van der Waals surface area (Å²) >= 11 is 0. The van der Waals surface area contributed by atoms with E-state index in [1.54, 1.807) is 0 Å². The number of aliphatic hydroxyl groups is 2. The van der Waals surface area contributed by atoms with Crippen molar-refractivity contribution in [2.75, 3.05) is 52.5 Å². The van der Waals surface area contributed by atoms with Crippen LogP contribution in [0.5, 0.6) is 0 Å². The minimum Gasteiger partial charge on any atom is -0.395 e. The summed E-state index contributed by atoms with van der Waals surface area (Å²) in [5.41, 5.74) is 0. The first-order valence-electron chi connectivity index (χ1n) is 5.84. The molecule has 1 heterocycles. The van der Waals surface area contributed by atoms with Crippen LogP contribution in [0.25, 0.3) is 0 Å². The number of aliphatic hydroxyl groups excluding tert-OH is 2. The van der Waals surface area contributed by atoms with E-state index in [0.717, 1.165) is 26.2 Å². The molecule has 0 aromatic carbocycles. The summed E-state index contributed by atoms with van der Waals surface area (Å²) in [6.45, 7) is 8.95. The molecule has 1 fully saturated rings. The Morgan fingerprint density at radius 3 is 2.62 bits per heavy atom. The molecule has 5 nitrogen and oxygen atoms in total. The summed E-state index contributed by atoms with van der Waals surface area (Å²) in [4.78, 5) is 4.39. The van der Waals surface area contributed by atoms with Crippen LogP contribution in [0.15, 0.2) is 12.7 Å². The molecule has 1 unspecified atom stereocenters. The fourth-order valence-corrected chi connectivity index (χ4v) is 2.06. The summed E-state index contributed by atoms with van der Waals surface area (Å²) in [5, 5.41) is 21.4. The van der Waals surface area contributed by atoms with Crippen LogP contribution in [-0.4, -0.2) is 78.7 Å². The maximum atomic E-state index is 8.98. The van der Waals surface area contributed by atoms with Gasteiger partial charge in [-0.1, -0.05) is 6.08 Å². The van der Waals surface area contributed by atoms with E-state index in [0.29, 0.717) is 13.1 Å². The van der Waals surface area contributed by atoms with Crippen molar-refractivity contribution in [1.82, 2.24) is 15.1 Å². The molecule has 5 heteroatoms. The van der Waals surface area contributed by atoms with Crippen LogP contribution >= 0.6 is 0 Å². The van der Waals surface area contributed by atoms with Gasteiger partial charge in [0.2, 0.25) is 0 Å². The highest BCUT2D eigenvalue weighted by Crippen LogP contribution is 2.04. The van der Waals surface area contributed by atoms with Crippen LogP contribution in [0.1, 0.15) is 0 Å². The monoisotopic (exact) mass is 229 g/mol. The third-order valence-corrected chi connectivity index (χ3v) is 2.84. The van der Waals surface area contributed by atoms with E-state index in [-0.39, 0.29) is 19.4 Å². The first kappa shape index (κ1) is 13.6. The molecule has 1 aliphatic rings. The van der Waals surface area contributed by atoms with E-state index in [1.165, 1.54) is 0 Å². The Morgan fingerprint density at radius 1 is 1.38 bits per heavy atom. The van der Waals surface area contributed by atoms with Gasteiger partial charge in [0, 0.05) is 39.3 Å². The predicted molar refractivity (Wildman–Crippen MR) is 64.2 cm³/mol.